The summed E-state index contributed by atoms with van der Waals surface area (Å²) in [4.78, 5) is 4.54. The van der Waals surface area contributed by atoms with Gasteiger partial charge in [-0.05, 0) is 37.8 Å². The second-order valence-electron chi connectivity index (χ2n) is 4.06. The molecule has 0 bridgehead atoms. The molecule has 0 radical (unpaired) electrons. The average Bonchev–Trinajstić information content (AvgIpc) is 2.27. The highest BCUT2D eigenvalue weighted by atomic mass is 14.8. The van der Waals surface area contributed by atoms with Crippen molar-refractivity contribution in [1.82, 2.24) is 4.98 Å². The summed E-state index contributed by atoms with van der Waals surface area (Å²) < 4.78 is 0. The van der Waals surface area contributed by atoms with Crippen LogP contribution in [0.4, 0.5) is 5.69 Å². The summed E-state index contributed by atoms with van der Waals surface area (Å²) in [6, 6.07) is 4.41. The lowest BCUT2D eigenvalue weighted by Crippen LogP contribution is -2.16. The molecule has 3 heteroatoms. The van der Waals surface area contributed by atoms with E-state index in [1.165, 1.54) is 11.3 Å². The van der Waals surface area contributed by atoms with E-state index in [1.807, 2.05) is 14.0 Å². The fourth-order valence-electron chi connectivity index (χ4n) is 2.19. The predicted molar refractivity (Wildman–Crippen MR) is 59.6 cm³/mol. The van der Waals surface area contributed by atoms with Crippen LogP contribution in [0.15, 0.2) is 6.07 Å². The fraction of sp³-hybridized carbons (Fsp3) is 0.500. The average molecular weight is 201 g/mol. The summed E-state index contributed by atoms with van der Waals surface area (Å²) in [5, 5.41) is 12.1. The third kappa shape index (κ3) is 1.80. The Morgan fingerprint density at radius 2 is 2.40 bits per heavy atom. The van der Waals surface area contributed by atoms with Crippen LogP contribution in [0.3, 0.4) is 0 Å². The highest BCUT2D eigenvalue weighted by Crippen LogP contribution is 2.29. The van der Waals surface area contributed by atoms with Crippen LogP contribution in [0.2, 0.25) is 0 Å². The maximum atomic E-state index is 8.94. The third-order valence-electron chi connectivity index (χ3n) is 2.97. The van der Waals surface area contributed by atoms with Crippen molar-refractivity contribution in [3.63, 3.8) is 0 Å². The standard InChI is InChI=1S/C12H15N3/c1-8-5-12(14-2)10-6-9(7-13)3-4-11(10)15-8/h5,9H,3-4,6H2,1-2H3,(H,14,15). The summed E-state index contributed by atoms with van der Waals surface area (Å²) in [5.74, 6) is 0.161. The van der Waals surface area contributed by atoms with Crippen molar-refractivity contribution in [2.45, 2.75) is 26.2 Å². The number of pyridine rings is 1. The van der Waals surface area contributed by atoms with Crippen molar-refractivity contribution in [2.75, 3.05) is 12.4 Å². The summed E-state index contributed by atoms with van der Waals surface area (Å²) in [6.45, 7) is 2.01. The van der Waals surface area contributed by atoms with Crippen molar-refractivity contribution in [3.05, 3.63) is 23.0 Å². The monoisotopic (exact) mass is 201 g/mol. The Labute approximate surface area is 90.1 Å². The molecular weight excluding hydrogens is 186 g/mol. The summed E-state index contributed by atoms with van der Waals surface area (Å²) in [7, 11) is 1.92. The van der Waals surface area contributed by atoms with Gasteiger partial charge in [-0.3, -0.25) is 4.98 Å². The minimum Gasteiger partial charge on any atom is -0.388 e. The van der Waals surface area contributed by atoms with Crippen molar-refractivity contribution in [2.24, 2.45) is 5.92 Å². The van der Waals surface area contributed by atoms with Gasteiger partial charge in [0.25, 0.3) is 0 Å². The van der Waals surface area contributed by atoms with Gasteiger partial charge in [0.1, 0.15) is 0 Å². The zero-order valence-electron chi connectivity index (χ0n) is 9.17. The molecule has 3 nitrogen and oxygen atoms in total. The molecule has 0 fully saturated rings. The molecule has 15 heavy (non-hydrogen) atoms. The van der Waals surface area contributed by atoms with Crippen LogP contribution in [0.1, 0.15) is 23.4 Å². The first kappa shape index (κ1) is 9.97. The number of hydrogen-bond acceptors (Lipinski definition) is 3. The molecule has 1 aliphatic rings. The number of nitrogens with one attached hydrogen (secondary N) is 1. The van der Waals surface area contributed by atoms with E-state index >= 15 is 0 Å². The summed E-state index contributed by atoms with van der Waals surface area (Å²) in [6.07, 6.45) is 2.72. The molecule has 1 N–H and O–H groups in total. The third-order valence-corrected chi connectivity index (χ3v) is 2.97. The van der Waals surface area contributed by atoms with Crippen LogP contribution < -0.4 is 5.32 Å². The van der Waals surface area contributed by atoms with Gasteiger partial charge in [0.2, 0.25) is 0 Å². The minimum atomic E-state index is 0.161. The molecule has 78 valence electrons. The zero-order chi connectivity index (χ0) is 10.8. The van der Waals surface area contributed by atoms with E-state index in [2.05, 4.69) is 22.4 Å². The predicted octanol–water partition coefficient (Wildman–Crippen LogP) is 2.06. The topological polar surface area (TPSA) is 48.7 Å². The molecule has 1 aliphatic carbocycles. The van der Waals surface area contributed by atoms with E-state index in [1.54, 1.807) is 0 Å². The molecule has 1 unspecified atom stereocenters. The van der Waals surface area contributed by atoms with Gasteiger partial charge in [0, 0.05) is 24.1 Å². The van der Waals surface area contributed by atoms with Crippen LogP contribution in [0, 0.1) is 24.2 Å². The van der Waals surface area contributed by atoms with Crippen molar-refractivity contribution in [1.29, 1.82) is 5.26 Å². The molecule has 1 heterocycles. The molecule has 0 aromatic carbocycles. The van der Waals surface area contributed by atoms with Crippen LogP contribution in [0.25, 0.3) is 0 Å². The molecule has 2 rings (SSSR count). The van der Waals surface area contributed by atoms with E-state index in [0.717, 1.165) is 30.6 Å². The molecule has 0 amide bonds. The number of fused-ring (bicyclic) bond motifs is 1. The highest BCUT2D eigenvalue weighted by molar-refractivity contribution is 5.54. The van der Waals surface area contributed by atoms with Crippen LogP contribution in [-0.2, 0) is 12.8 Å². The Morgan fingerprint density at radius 1 is 1.60 bits per heavy atom. The van der Waals surface area contributed by atoms with Gasteiger partial charge < -0.3 is 5.32 Å². The Balaban J connectivity index is 2.44. The van der Waals surface area contributed by atoms with E-state index in [4.69, 9.17) is 5.26 Å². The van der Waals surface area contributed by atoms with Gasteiger partial charge in [-0.25, -0.2) is 0 Å². The smallest absolute Gasteiger partial charge is 0.0659 e. The Morgan fingerprint density at radius 3 is 3.07 bits per heavy atom. The van der Waals surface area contributed by atoms with Gasteiger partial charge in [-0.15, -0.1) is 0 Å². The quantitative estimate of drug-likeness (QED) is 0.756. The van der Waals surface area contributed by atoms with Gasteiger partial charge >= 0.3 is 0 Å². The lowest BCUT2D eigenvalue weighted by Gasteiger charge is -2.22. The van der Waals surface area contributed by atoms with Crippen LogP contribution >= 0.6 is 0 Å². The van der Waals surface area contributed by atoms with Crippen molar-refractivity contribution < 1.29 is 0 Å². The number of nitriles is 1. The highest BCUT2D eigenvalue weighted by Gasteiger charge is 2.21. The van der Waals surface area contributed by atoms with E-state index in [0.29, 0.717) is 0 Å². The SMILES string of the molecule is CNc1cc(C)nc2c1CC(C#N)CC2. The van der Waals surface area contributed by atoms with Crippen molar-refractivity contribution >= 4 is 5.69 Å². The van der Waals surface area contributed by atoms with E-state index in [9.17, 15) is 0 Å². The number of aromatic nitrogens is 1. The summed E-state index contributed by atoms with van der Waals surface area (Å²) >= 11 is 0. The normalized spacial score (nSPS) is 19.1. The Bertz CT molecular complexity index is 400. The first-order valence-electron chi connectivity index (χ1n) is 5.31. The number of nitrogens with zero attached hydrogens (tertiary/aromatic N) is 2. The van der Waals surface area contributed by atoms with Gasteiger partial charge in [0.05, 0.1) is 12.0 Å². The second-order valence-corrected chi connectivity index (χ2v) is 4.06. The maximum absolute atomic E-state index is 8.94. The van der Waals surface area contributed by atoms with Gasteiger partial charge in [-0.2, -0.15) is 5.26 Å². The largest absolute Gasteiger partial charge is 0.388 e. The maximum Gasteiger partial charge on any atom is 0.0659 e. The molecule has 1 atom stereocenters. The van der Waals surface area contributed by atoms with E-state index < -0.39 is 0 Å². The molecule has 1 aromatic heterocycles. The zero-order valence-corrected chi connectivity index (χ0v) is 9.17. The molecule has 0 aliphatic heterocycles. The van der Waals surface area contributed by atoms with Crippen molar-refractivity contribution in [3.8, 4) is 6.07 Å². The van der Waals surface area contributed by atoms with Gasteiger partial charge in [0.15, 0.2) is 0 Å². The number of rotatable bonds is 1. The first-order chi connectivity index (χ1) is 7.24. The molecule has 0 saturated carbocycles. The van der Waals surface area contributed by atoms with Crippen LogP contribution in [0.5, 0.6) is 0 Å². The second kappa shape index (κ2) is 3.90. The number of anilines is 1. The summed E-state index contributed by atoms with van der Waals surface area (Å²) in [5.41, 5.74) is 4.60. The Hall–Kier alpha value is -1.56. The number of hydrogen-bond donors (Lipinski definition) is 1. The molecule has 1 aromatic rings. The van der Waals surface area contributed by atoms with E-state index in [-0.39, 0.29) is 5.92 Å². The number of aryl methyl sites for hydroxylation is 2. The molecular formula is C12H15N3. The Kier molecular flexibility index (Phi) is 2.59. The fourth-order valence-corrected chi connectivity index (χ4v) is 2.19. The molecule has 0 saturated heterocycles. The minimum absolute atomic E-state index is 0.161. The first-order valence-corrected chi connectivity index (χ1v) is 5.31. The lowest BCUT2D eigenvalue weighted by atomic mass is 9.86. The van der Waals surface area contributed by atoms with Crippen LogP contribution in [-0.4, -0.2) is 12.0 Å². The lowest BCUT2D eigenvalue weighted by molar-refractivity contribution is 0.554. The van der Waals surface area contributed by atoms with Gasteiger partial charge in [-0.1, -0.05) is 0 Å². The molecule has 0 spiro atoms.